The molecule has 5 nitrogen and oxygen atoms in total. The summed E-state index contributed by atoms with van der Waals surface area (Å²) >= 11 is 0. The molecule has 156 valence electrons. The second kappa shape index (κ2) is 10.9. The number of carbonyl (C=O) groups excluding carboxylic acids is 1. The minimum absolute atomic E-state index is 0.101. The van der Waals surface area contributed by atoms with Crippen molar-refractivity contribution >= 4 is 29.3 Å². The molecule has 0 heterocycles. The van der Waals surface area contributed by atoms with Crippen LogP contribution in [0.15, 0.2) is 91.0 Å². The molecule has 3 aromatic carbocycles. The fourth-order valence-electron chi connectivity index (χ4n) is 3.27. The van der Waals surface area contributed by atoms with E-state index >= 15 is 0 Å². The van der Waals surface area contributed by atoms with Gasteiger partial charge in [0.2, 0.25) is 5.91 Å². The average Bonchev–Trinajstić information content (AvgIpc) is 2.80. The van der Waals surface area contributed by atoms with Crippen LogP contribution < -0.4 is 20.6 Å². The molecule has 3 aromatic rings. The van der Waals surface area contributed by atoms with Gasteiger partial charge in [-0.25, -0.2) is 0 Å². The first-order valence-electron chi connectivity index (χ1n) is 9.87. The third-order valence-electron chi connectivity index (χ3n) is 4.76. The van der Waals surface area contributed by atoms with Gasteiger partial charge in [-0.15, -0.1) is 6.61 Å². The highest BCUT2D eigenvalue weighted by molar-refractivity contribution is 7.79. The Morgan fingerprint density at radius 3 is 1.80 bits per heavy atom. The molecule has 0 bridgehead atoms. The minimum Gasteiger partial charge on any atom is -0.853 e. The van der Waals surface area contributed by atoms with Crippen LogP contribution in [0, 0.1) is 0 Å². The van der Waals surface area contributed by atoms with E-state index in [-0.39, 0.29) is 38.4 Å². The van der Waals surface area contributed by atoms with E-state index in [0.29, 0.717) is 16.3 Å². The van der Waals surface area contributed by atoms with Crippen molar-refractivity contribution in [1.82, 2.24) is 0 Å². The zero-order valence-electron chi connectivity index (χ0n) is 16.7. The Morgan fingerprint density at radius 2 is 1.30 bits per heavy atom. The van der Waals surface area contributed by atoms with Crippen molar-refractivity contribution in [3.63, 3.8) is 0 Å². The van der Waals surface area contributed by atoms with Crippen molar-refractivity contribution in [2.75, 3.05) is 37.4 Å². The zero-order chi connectivity index (χ0) is 21.2. The van der Waals surface area contributed by atoms with Gasteiger partial charge in [0.15, 0.2) is 7.14 Å². The van der Waals surface area contributed by atoms with E-state index in [2.05, 4.69) is 0 Å². The first-order chi connectivity index (χ1) is 14.6. The Labute approximate surface area is 177 Å². The molecule has 30 heavy (non-hydrogen) atoms. The minimum atomic E-state index is -3.18. The largest absolute Gasteiger partial charge is 0.853 e. The molecule has 0 aliphatic rings. The van der Waals surface area contributed by atoms with Crippen molar-refractivity contribution in [1.29, 1.82) is 0 Å². The van der Waals surface area contributed by atoms with Crippen molar-refractivity contribution in [3.05, 3.63) is 91.0 Å². The molecule has 0 N–H and O–H groups in total. The van der Waals surface area contributed by atoms with Crippen LogP contribution in [0.5, 0.6) is 0 Å². The number of hydrogen-bond acceptors (Lipinski definition) is 4. The summed E-state index contributed by atoms with van der Waals surface area (Å²) in [6, 6.07) is 27.6. The van der Waals surface area contributed by atoms with Crippen LogP contribution in [-0.4, -0.2) is 38.4 Å². The SMILES string of the molecule is O=C(CP(=O)(c1ccccc1)c1ccccc1)N(CCOCC[O-])c1ccccc1. The van der Waals surface area contributed by atoms with E-state index in [9.17, 15) is 14.5 Å². The molecule has 0 fully saturated rings. The van der Waals surface area contributed by atoms with Gasteiger partial charge in [0.05, 0.1) is 12.8 Å². The highest BCUT2D eigenvalue weighted by Crippen LogP contribution is 2.43. The van der Waals surface area contributed by atoms with Crippen molar-refractivity contribution in [3.8, 4) is 0 Å². The van der Waals surface area contributed by atoms with Gasteiger partial charge in [-0.2, -0.15) is 0 Å². The predicted octanol–water partition coefficient (Wildman–Crippen LogP) is 2.41. The fourth-order valence-corrected chi connectivity index (χ4v) is 5.79. The summed E-state index contributed by atoms with van der Waals surface area (Å²) in [4.78, 5) is 15.0. The van der Waals surface area contributed by atoms with Crippen LogP contribution >= 0.6 is 7.14 Å². The van der Waals surface area contributed by atoms with E-state index in [1.165, 1.54) is 0 Å². The maximum atomic E-state index is 14.2. The summed E-state index contributed by atoms with van der Waals surface area (Å²) < 4.78 is 19.5. The number of ether oxygens (including phenoxy) is 1. The van der Waals surface area contributed by atoms with E-state index < -0.39 is 7.14 Å². The number of para-hydroxylation sites is 1. The zero-order valence-corrected chi connectivity index (χ0v) is 17.6. The second-order valence-electron chi connectivity index (χ2n) is 6.77. The summed E-state index contributed by atoms with van der Waals surface area (Å²) in [5.41, 5.74) is 0.709. The third-order valence-corrected chi connectivity index (χ3v) is 7.74. The molecule has 0 unspecified atom stereocenters. The average molecular weight is 422 g/mol. The van der Waals surface area contributed by atoms with Crippen molar-refractivity contribution < 1.29 is 19.2 Å². The van der Waals surface area contributed by atoms with E-state index in [1.54, 1.807) is 4.90 Å². The molecular weight excluding hydrogens is 397 g/mol. The lowest BCUT2D eigenvalue weighted by Crippen LogP contribution is -2.38. The molecule has 0 aromatic heterocycles. The number of carbonyl (C=O) groups is 1. The second-order valence-corrected chi connectivity index (χ2v) is 9.59. The van der Waals surface area contributed by atoms with Gasteiger partial charge < -0.3 is 19.3 Å². The molecule has 0 spiro atoms. The lowest BCUT2D eigenvalue weighted by molar-refractivity contribution is -0.374. The van der Waals surface area contributed by atoms with Gasteiger partial charge in [-0.3, -0.25) is 4.79 Å². The Bertz CT molecular complexity index is 921. The molecule has 1 amide bonds. The number of nitrogens with zero attached hydrogens (tertiary/aromatic N) is 1. The Hall–Kier alpha value is -2.72. The van der Waals surface area contributed by atoms with Gasteiger partial charge in [0.1, 0.15) is 0 Å². The Morgan fingerprint density at radius 1 is 0.800 bits per heavy atom. The quantitative estimate of drug-likeness (QED) is 0.372. The number of rotatable bonds is 10. The van der Waals surface area contributed by atoms with Gasteiger partial charge in [0.25, 0.3) is 0 Å². The van der Waals surface area contributed by atoms with Crippen molar-refractivity contribution in [2.24, 2.45) is 0 Å². The molecule has 0 saturated carbocycles. The summed E-state index contributed by atoms with van der Waals surface area (Å²) in [6.07, 6.45) is -0.128. The molecule has 0 aliphatic carbocycles. The van der Waals surface area contributed by atoms with Crippen LogP contribution in [0.4, 0.5) is 5.69 Å². The summed E-state index contributed by atoms with van der Waals surface area (Å²) in [6.45, 7) is 0.302. The standard InChI is InChI=1S/C24H25NO4P/c26-17-19-29-18-16-25(21-10-4-1-5-11-21)24(27)20-30(28,22-12-6-2-7-13-22)23-14-8-3-9-15-23/h1-15H,16-20H2/q-1. The predicted molar refractivity (Wildman–Crippen MR) is 119 cm³/mol. The summed E-state index contributed by atoms with van der Waals surface area (Å²) in [7, 11) is -3.18. The first kappa shape index (κ1) is 22.0. The van der Waals surface area contributed by atoms with Crippen LogP contribution in [0.25, 0.3) is 0 Å². The first-order valence-corrected chi connectivity index (χ1v) is 11.8. The van der Waals surface area contributed by atoms with Crippen molar-refractivity contribution in [2.45, 2.75) is 0 Å². The third kappa shape index (κ3) is 5.45. The Kier molecular flexibility index (Phi) is 7.97. The van der Waals surface area contributed by atoms with Crippen LogP contribution in [0.2, 0.25) is 0 Å². The van der Waals surface area contributed by atoms with Crippen LogP contribution in [0.1, 0.15) is 0 Å². The molecule has 0 aliphatic heterocycles. The molecule has 3 rings (SSSR count). The highest BCUT2D eigenvalue weighted by Gasteiger charge is 2.32. The van der Waals surface area contributed by atoms with Gasteiger partial charge >= 0.3 is 0 Å². The molecule has 0 saturated heterocycles. The van der Waals surface area contributed by atoms with E-state index in [0.717, 1.165) is 0 Å². The Balaban J connectivity index is 1.91. The molecular formula is C24H25NO4P-. The van der Waals surface area contributed by atoms with Crippen LogP contribution in [0.3, 0.4) is 0 Å². The van der Waals surface area contributed by atoms with Gasteiger partial charge in [0, 0.05) is 29.4 Å². The van der Waals surface area contributed by atoms with Crippen LogP contribution in [-0.2, 0) is 14.1 Å². The fraction of sp³-hybridized carbons (Fsp3) is 0.208. The highest BCUT2D eigenvalue weighted by atomic mass is 31.2. The summed E-state index contributed by atoms with van der Waals surface area (Å²) in [5, 5.41) is 11.9. The summed E-state index contributed by atoms with van der Waals surface area (Å²) in [5.74, 6) is -0.247. The maximum Gasteiger partial charge on any atom is 0.235 e. The number of benzene rings is 3. The number of anilines is 1. The number of hydrogen-bond donors (Lipinski definition) is 0. The normalized spacial score (nSPS) is 11.2. The smallest absolute Gasteiger partial charge is 0.235 e. The number of amides is 1. The molecule has 6 heteroatoms. The van der Waals surface area contributed by atoms with E-state index in [1.807, 2.05) is 91.0 Å². The molecule has 0 radical (unpaired) electrons. The van der Waals surface area contributed by atoms with E-state index in [4.69, 9.17) is 4.74 Å². The van der Waals surface area contributed by atoms with Gasteiger partial charge in [-0.05, 0) is 12.1 Å². The lowest BCUT2D eigenvalue weighted by Gasteiger charge is -2.26. The maximum absolute atomic E-state index is 14.2. The monoisotopic (exact) mass is 422 g/mol. The topological polar surface area (TPSA) is 69.7 Å². The lowest BCUT2D eigenvalue weighted by atomic mass is 10.3. The molecule has 0 atom stereocenters. The van der Waals surface area contributed by atoms with Gasteiger partial charge in [-0.1, -0.05) is 78.9 Å².